The maximum absolute atomic E-state index is 12.7. The highest BCUT2D eigenvalue weighted by Crippen LogP contribution is 2.27. The molecule has 11 nitrogen and oxygen atoms in total. The molecule has 0 spiro atoms. The van der Waals surface area contributed by atoms with Crippen LogP contribution < -0.4 is 5.32 Å². The number of anilines is 1. The lowest BCUT2D eigenvalue weighted by Gasteiger charge is -2.14. The first-order valence-electron chi connectivity index (χ1n) is 11.6. The van der Waals surface area contributed by atoms with Gasteiger partial charge >= 0.3 is 0 Å². The Labute approximate surface area is 210 Å². The summed E-state index contributed by atoms with van der Waals surface area (Å²) in [4.78, 5) is 54.0. The molecule has 1 aliphatic rings. The molecule has 3 heterocycles. The average Bonchev–Trinajstić information content (AvgIpc) is 3.35. The molecule has 4 aromatic rings. The standard InChI is InChI=1S/C26H22N6O5/c1-15-12-22(27-21-7-4-3-6-18(15)21)31-23(13-16(2)29-31)28-24(33)8-5-11-30-25(34)19-10-9-17(32(36)37)14-20(19)26(30)35/h3-4,6-7,9-10,12-14H,5,8,11H2,1-2H3,(H,28,33). The van der Waals surface area contributed by atoms with Gasteiger partial charge in [0.25, 0.3) is 17.5 Å². The molecule has 0 bridgehead atoms. The van der Waals surface area contributed by atoms with E-state index in [1.807, 2.05) is 44.2 Å². The zero-order valence-corrected chi connectivity index (χ0v) is 20.1. The summed E-state index contributed by atoms with van der Waals surface area (Å²) in [6, 6.07) is 15.0. The van der Waals surface area contributed by atoms with E-state index in [4.69, 9.17) is 0 Å². The van der Waals surface area contributed by atoms with Crippen LogP contribution in [0.25, 0.3) is 16.7 Å². The Hall–Kier alpha value is -4.93. The Morgan fingerprint density at radius 3 is 2.57 bits per heavy atom. The molecular formula is C26H22N6O5. The van der Waals surface area contributed by atoms with Crippen molar-refractivity contribution in [1.29, 1.82) is 0 Å². The topological polar surface area (TPSA) is 140 Å². The van der Waals surface area contributed by atoms with Crippen molar-refractivity contribution < 1.29 is 19.3 Å². The van der Waals surface area contributed by atoms with Crippen LogP contribution in [0.5, 0.6) is 0 Å². The minimum absolute atomic E-state index is 0.00112. The Bertz CT molecular complexity index is 1610. The minimum atomic E-state index is -0.619. The summed E-state index contributed by atoms with van der Waals surface area (Å²) in [6.07, 6.45) is 0.266. The molecule has 2 aromatic carbocycles. The maximum Gasteiger partial charge on any atom is 0.270 e. The van der Waals surface area contributed by atoms with Crippen molar-refractivity contribution in [3.8, 4) is 5.82 Å². The molecule has 0 aliphatic carbocycles. The largest absolute Gasteiger partial charge is 0.311 e. The molecule has 5 rings (SSSR count). The third-order valence-electron chi connectivity index (χ3n) is 6.18. The number of para-hydroxylation sites is 1. The summed E-state index contributed by atoms with van der Waals surface area (Å²) in [7, 11) is 0. The van der Waals surface area contributed by atoms with Crippen molar-refractivity contribution in [2.75, 3.05) is 11.9 Å². The number of aryl methyl sites for hydroxylation is 2. The van der Waals surface area contributed by atoms with Gasteiger partial charge in [0.2, 0.25) is 5.91 Å². The molecule has 0 fully saturated rings. The Morgan fingerprint density at radius 1 is 1.03 bits per heavy atom. The summed E-state index contributed by atoms with van der Waals surface area (Å²) >= 11 is 0. The number of rotatable bonds is 7. The lowest BCUT2D eigenvalue weighted by atomic mass is 10.1. The number of non-ortho nitro benzene ring substituents is 1. The van der Waals surface area contributed by atoms with E-state index < -0.39 is 16.7 Å². The monoisotopic (exact) mass is 498 g/mol. The molecule has 0 saturated carbocycles. The number of fused-ring (bicyclic) bond motifs is 2. The van der Waals surface area contributed by atoms with Crippen LogP contribution in [0.4, 0.5) is 11.5 Å². The Kier molecular flexibility index (Phi) is 5.96. The summed E-state index contributed by atoms with van der Waals surface area (Å²) in [6.45, 7) is 3.81. The highest BCUT2D eigenvalue weighted by atomic mass is 16.6. The smallest absolute Gasteiger partial charge is 0.270 e. The van der Waals surface area contributed by atoms with Crippen LogP contribution in [0.2, 0.25) is 0 Å². The zero-order valence-electron chi connectivity index (χ0n) is 20.1. The van der Waals surface area contributed by atoms with E-state index in [9.17, 15) is 24.5 Å². The molecule has 186 valence electrons. The lowest BCUT2D eigenvalue weighted by molar-refractivity contribution is -0.384. The number of pyridine rings is 1. The number of imide groups is 1. The van der Waals surface area contributed by atoms with Gasteiger partial charge < -0.3 is 5.32 Å². The normalized spacial score (nSPS) is 12.8. The van der Waals surface area contributed by atoms with Crippen molar-refractivity contribution in [2.45, 2.75) is 26.7 Å². The van der Waals surface area contributed by atoms with E-state index in [0.717, 1.165) is 27.4 Å². The Balaban J connectivity index is 1.26. The highest BCUT2D eigenvalue weighted by Gasteiger charge is 2.36. The molecule has 0 atom stereocenters. The quantitative estimate of drug-likeness (QED) is 0.231. The van der Waals surface area contributed by atoms with Gasteiger partial charge in [-0.05, 0) is 44.0 Å². The second-order valence-corrected chi connectivity index (χ2v) is 8.80. The van der Waals surface area contributed by atoms with Crippen molar-refractivity contribution in [1.82, 2.24) is 19.7 Å². The van der Waals surface area contributed by atoms with Crippen molar-refractivity contribution >= 4 is 40.1 Å². The Morgan fingerprint density at radius 2 is 1.78 bits per heavy atom. The lowest BCUT2D eigenvalue weighted by Crippen LogP contribution is -2.31. The van der Waals surface area contributed by atoms with Crippen molar-refractivity contribution in [3.63, 3.8) is 0 Å². The summed E-state index contributed by atoms with van der Waals surface area (Å²) in [5, 5.41) is 19.4. The van der Waals surface area contributed by atoms with Crippen LogP contribution in [0, 0.1) is 24.0 Å². The van der Waals surface area contributed by atoms with Crippen LogP contribution in [-0.4, -0.2) is 48.9 Å². The molecular weight excluding hydrogens is 476 g/mol. The van der Waals surface area contributed by atoms with Crippen molar-refractivity contribution in [3.05, 3.63) is 87.1 Å². The van der Waals surface area contributed by atoms with Crippen LogP contribution in [-0.2, 0) is 4.79 Å². The summed E-state index contributed by atoms with van der Waals surface area (Å²) in [5.41, 5.74) is 2.40. The van der Waals surface area contributed by atoms with Gasteiger partial charge in [-0.15, -0.1) is 0 Å². The fourth-order valence-electron chi connectivity index (χ4n) is 4.40. The van der Waals surface area contributed by atoms with E-state index in [2.05, 4.69) is 15.4 Å². The van der Waals surface area contributed by atoms with Crippen LogP contribution >= 0.6 is 0 Å². The van der Waals surface area contributed by atoms with Crippen molar-refractivity contribution in [2.24, 2.45) is 0 Å². The first-order chi connectivity index (χ1) is 17.7. The minimum Gasteiger partial charge on any atom is -0.311 e. The molecule has 1 aliphatic heterocycles. The number of hydrogen-bond donors (Lipinski definition) is 1. The molecule has 2 aromatic heterocycles. The van der Waals surface area contributed by atoms with Gasteiger partial charge in [-0.25, -0.2) is 4.98 Å². The number of nitro benzene ring substituents is 1. The third kappa shape index (κ3) is 4.42. The van der Waals surface area contributed by atoms with Gasteiger partial charge in [-0.2, -0.15) is 9.78 Å². The number of nitro groups is 1. The summed E-state index contributed by atoms with van der Waals surface area (Å²) < 4.78 is 1.57. The third-order valence-corrected chi connectivity index (χ3v) is 6.18. The predicted octanol–water partition coefficient (Wildman–Crippen LogP) is 3.96. The number of hydrogen-bond acceptors (Lipinski definition) is 7. The van der Waals surface area contributed by atoms with Gasteiger partial charge in [0, 0.05) is 36.6 Å². The van der Waals surface area contributed by atoms with Gasteiger partial charge in [0.15, 0.2) is 5.82 Å². The molecule has 0 radical (unpaired) electrons. The summed E-state index contributed by atoms with van der Waals surface area (Å²) in [5.74, 6) is -0.416. The number of aromatic nitrogens is 3. The molecule has 1 N–H and O–H groups in total. The van der Waals surface area contributed by atoms with Gasteiger partial charge in [-0.3, -0.25) is 29.4 Å². The number of benzene rings is 2. The highest BCUT2D eigenvalue weighted by molar-refractivity contribution is 6.21. The SMILES string of the molecule is Cc1cc(NC(=O)CCCN2C(=O)c3ccc([N+](=O)[O-])cc3C2=O)n(-c2cc(C)c3ccccc3n2)n1. The van der Waals surface area contributed by atoms with E-state index in [1.54, 1.807) is 10.7 Å². The molecule has 37 heavy (non-hydrogen) atoms. The first-order valence-corrected chi connectivity index (χ1v) is 11.6. The number of carbonyl (C=O) groups is 3. The van der Waals surface area contributed by atoms with E-state index >= 15 is 0 Å². The molecule has 3 amide bonds. The van der Waals surface area contributed by atoms with E-state index in [-0.39, 0.29) is 42.1 Å². The number of nitrogens with zero attached hydrogens (tertiary/aromatic N) is 5. The predicted molar refractivity (Wildman–Crippen MR) is 135 cm³/mol. The fraction of sp³-hybridized carbons (Fsp3) is 0.192. The van der Waals surface area contributed by atoms with Crippen LogP contribution in [0.3, 0.4) is 0 Å². The van der Waals surface area contributed by atoms with Gasteiger partial charge in [0.1, 0.15) is 5.82 Å². The number of carbonyl (C=O) groups excluding carboxylic acids is 3. The second kappa shape index (κ2) is 9.26. The van der Waals surface area contributed by atoms with Gasteiger partial charge in [0.05, 0.1) is 27.3 Å². The first kappa shape index (κ1) is 23.8. The molecule has 0 saturated heterocycles. The average molecular weight is 498 g/mol. The fourth-order valence-corrected chi connectivity index (χ4v) is 4.40. The second-order valence-electron chi connectivity index (χ2n) is 8.80. The van der Waals surface area contributed by atoms with E-state index in [0.29, 0.717) is 17.3 Å². The number of nitrogens with one attached hydrogen (secondary N) is 1. The van der Waals surface area contributed by atoms with Gasteiger partial charge in [-0.1, -0.05) is 18.2 Å². The molecule has 0 unspecified atom stereocenters. The zero-order chi connectivity index (χ0) is 26.3. The maximum atomic E-state index is 12.7. The van der Waals surface area contributed by atoms with Crippen LogP contribution in [0.15, 0.2) is 54.6 Å². The van der Waals surface area contributed by atoms with E-state index in [1.165, 1.54) is 12.1 Å². The number of amides is 3. The molecule has 11 heteroatoms. The van der Waals surface area contributed by atoms with Crippen LogP contribution in [0.1, 0.15) is 44.8 Å².